The Hall–Kier alpha value is -1.26. The first-order chi connectivity index (χ1) is 10.9. The molecule has 0 aromatic heterocycles. The minimum atomic E-state index is 0.344. The lowest BCUT2D eigenvalue weighted by Crippen LogP contribution is -1.95. The average molecular weight is 332 g/mol. The molecule has 0 unspecified atom stereocenters. The summed E-state index contributed by atoms with van der Waals surface area (Å²) < 4.78 is 10.9. The Morgan fingerprint density at radius 2 is 1.86 bits per heavy atom. The van der Waals surface area contributed by atoms with Crippen molar-refractivity contribution in [2.75, 3.05) is 18.8 Å². The second kappa shape index (κ2) is 7.84. The molecule has 0 fully saturated rings. The molecule has 1 aliphatic heterocycles. The molecule has 0 radical (unpaired) electrons. The van der Waals surface area contributed by atoms with E-state index in [2.05, 4.69) is 48.7 Å². The van der Waals surface area contributed by atoms with Crippen LogP contribution in [0.1, 0.15) is 23.7 Å². The first-order valence-electron chi connectivity index (χ1n) is 7.47. The van der Waals surface area contributed by atoms with Crippen LogP contribution in [0.15, 0.2) is 53.4 Å². The Labute approximate surface area is 140 Å². The molecule has 2 nitrogen and oxygen atoms in total. The molecule has 22 heavy (non-hydrogen) atoms. The Kier molecular flexibility index (Phi) is 5.57. The number of thioether (sulfide) groups is 2. The Bertz CT molecular complexity index is 601. The molecule has 2 aromatic carbocycles. The van der Waals surface area contributed by atoms with Crippen molar-refractivity contribution < 1.29 is 9.47 Å². The van der Waals surface area contributed by atoms with E-state index in [4.69, 9.17) is 9.47 Å². The number of hydrogen-bond acceptors (Lipinski definition) is 4. The minimum Gasteiger partial charge on any atom is -0.454 e. The summed E-state index contributed by atoms with van der Waals surface area (Å²) in [6, 6.07) is 16.9. The van der Waals surface area contributed by atoms with Crippen LogP contribution in [0.5, 0.6) is 11.5 Å². The van der Waals surface area contributed by atoms with E-state index in [1.807, 2.05) is 29.6 Å². The van der Waals surface area contributed by atoms with Crippen molar-refractivity contribution in [3.05, 3.63) is 54.1 Å². The summed E-state index contributed by atoms with van der Waals surface area (Å²) in [5, 5.41) is 0.519. The predicted octanol–water partition coefficient (Wildman–Crippen LogP) is 5.39. The van der Waals surface area contributed by atoms with Gasteiger partial charge >= 0.3 is 0 Å². The largest absolute Gasteiger partial charge is 0.454 e. The lowest BCUT2D eigenvalue weighted by molar-refractivity contribution is 0.174. The number of fused-ring (bicyclic) bond motifs is 1. The Morgan fingerprint density at radius 1 is 1.05 bits per heavy atom. The van der Waals surface area contributed by atoms with Crippen molar-refractivity contribution in [3.8, 4) is 11.5 Å². The maximum absolute atomic E-state index is 5.48. The molecule has 2 aromatic rings. The van der Waals surface area contributed by atoms with E-state index in [0.29, 0.717) is 12.0 Å². The summed E-state index contributed by atoms with van der Waals surface area (Å²) in [7, 11) is 0. The van der Waals surface area contributed by atoms with Gasteiger partial charge in [-0.1, -0.05) is 24.3 Å². The third-order valence-corrected chi connectivity index (χ3v) is 5.85. The van der Waals surface area contributed by atoms with Gasteiger partial charge < -0.3 is 9.47 Å². The second-order valence-corrected chi connectivity index (χ2v) is 7.35. The van der Waals surface area contributed by atoms with Gasteiger partial charge in [0.1, 0.15) is 0 Å². The highest BCUT2D eigenvalue weighted by Crippen LogP contribution is 2.39. The topological polar surface area (TPSA) is 18.5 Å². The number of hydrogen-bond donors (Lipinski definition) is 0. The van der Waals surface area contributed by atoms with Crippen LogP contribution >= 0.6 is 23.5 Å². The molecule has 1 atom stereocenters. The molecular formula is C18H20O2S2. The highest BCUT2D eigenvalue weighted by molar-refractivity contribution is 7.99. The van der Waals surface area contributed by atoms with Gasteiger partial charge in [-0.15, -0.1) is 11.8 Å². The normalized spacial score (nSPS) is 14.0. The first-order valence-corrected chi connectivity index (χ1v) is 9.74. The van der Waals surface area contributed by atoms with E-state index in [9.17, 15) is 0 Å². The summed E-state index contributed by atoms with van der Waals surface area (Å²) >= 11 is 3.84. The molecule has 4 heteroatoms. The summed E-state index contributed by atoms with van der Waals surface area (Å²) in [4.78, 5) is 1.35. The number of rotatable bonds is 7. The smallest absolute Gasteiger partial charge is 0.231 e. The van der Waals surface area contributed by atoms with Gasteiger partial charge in [0.05, 0.1) is 0 Å². The molecule has 3 rings (SSSR count). The maximum atomic E-state index is 5.48. The van der Waals surface area contributed by atoms with Crippen molar-refractivity contribution in [1.29, 1.82) is 0 Å². The predicted molar refractivity (Wildman–Crippen MR) is 95.2 cm³/mol. The Morgan fingerprint density at radius 3 is 2.68 bits per heavy atom. The monoisotopic (exact) mass is 332 g/mol. The van der Waals surface area contributed by atoms with Crippen LogP contribution < -0.4 is 9.47 Å². The maximum Gasteiger partial charge on any atom is 0.231 e. The third-order valence-electron chi connectivity index (χ3n) is 3.68. The van der Waals surface area contributed by atoms with E-state index in [1.54, 1.807) is 0 Å². The van der Waals surface area contributed by atoms with Crippen LogP contribution in [-0.4, -0.2) is 18.8 Å². The van der Waals surface area contributed by atoms with Gasteiger partial charge in [0.25, 0.3) is 0 Å². The fraction of sp³-hybridized carbons (Fsp3) is 0.333. The molecule has 116 valence electrons. The third kappa shape index (κ3) is 3.93. The van der Waals surface area contributed by atoms with Crippen molar-refractivity contribution in [2.24, 2.45) is 0 Å². The molecule has 0 N–H and O–H groups in total. The zero-order valence-electron chi connectivity index (χ0n) is 12.7. The van der Waals surface area contributed by atoms with E-state index >= 15 is 0 Å². The summed E-state index contributed by atoms with van der Waals surface area (Å²) in [6.45, 7) is 0.344. The molecule has 0 saturated carbocycles. The second-order valence-electron chi connectivity index (χ2n) is 5.14. The summed E-state index contributed by atoms with van der Waals surface area (Å²) in [5.41, 5.74) is 1.33. The lowest BCUT2D eigenvalue weighted by Gasteiger charge is -2.15. The fourth-order valence-electron chi connectivity index (χ4n) is 2.51. The van der Waals surface area contributed by atoms with Crippen molar-refractivity contribution >= 4 is 23.5 Å². The van der Waals surface area contributed by atoms with Crippen LogP contribution in [-0.2, 0) is 0 Å². The van der Waals surface area contributed by atoms with Crippen LogP contribution in [0.4, 0.5) is 0 Å². The van der Waals surface area contributed by atoms with Gasteiger partial charge in [-0.3, -0.25) is 0 Å². The average Bonchev–Trinajstić information content (AvgIpc) is 3.03. The molecule has 1 heterocycles. The van der Waals surface area contributed by atoms with Crippen LogP contribution in [0.3, 0.4) is 0 Å². The van der Waals surface area contributed by atoms with Gasteiger partial charge in [-0.25, -0.2) is 0 Å². The fourth-order valence-corrected chi connectivity index (χ4v) is 4.23. The molecule has 1 aliphatic rings. The van der Waals surface area contributed by atoms with Crippen molar-refractivity contribution in [2.45, 2.75) is 23.0 Å². The molecule has 0 spiro atoms. The summed E-state index contributed by atoms with van der Waals surface area (Å²) in [6.07, 6.45) is 4.57. The highest BCUT2D eigenvalue weighted by Gasteiger charge is 2.17. The number of benzene rings is 2. The number of ether oxygens (including phenoxy) is 2. The van der Waals surface area contributed by atoms with Gasteiger partial charge in [0.15, 0.2) is 11.5 Å². The molecular weight excluding hydrogens is 312 g/mol. The van der Waals surface area contributed by atoms with Crippen LogP contribution in [0.2, 0.25) is 0 Å². The van der Waals surface area contributed by atoms with Crippen molar-refractivity contribution in [1.82, 2.24) is 0 Å². The van der Waals surface area contributed by atoms with Gasteiger partial charge in [-0.2, -0.15) is 11.8 Å². The SMILES string of the molecule is CS[C@@H](CCCSc1ccccc1)c1ccc2c(c1)OCO2. The zero-order chi connectivity index (χ0) is 15.2. The first kappa shape index (κ1) is 15.6. The lowest BCUT2D eigenvalue weighted by atomic mass is 10.1. The Balaban J connectivity index is 1.51. The standard InChI is InChI=1S/C18H20O2S2/c1-21-18(8-5-11-22-15-6-3-2-4-7-15)14-9-10-16-17(12-14)20-13-19-16/h2-4,6-7,9-10,12,18H,5,8,11,13H2,1H3/t18-/m0/s1. The molecule has 0 amide bonds. The minimum absolute atomic E-state index is 0.344. The van der Waals surface area contributed by atoms with Gasteiger partial charge in [0.2, 0.25) is 6.79 Å². The van der Waals surface area contributed by atoms with Crippen LogP contribution in [0.25, 0.3) is 0 Å². The molecule has 0 aliphatic carbocycles. The van der Waals surface area contributed by atoms with Gasteiger partial charge in [0, 0.05) is 10.1 Å². The molecule has 0 bridgehead atoms. The van der Waals surface area contributed by atoms with Gasteiger partial charge in [-0.05, 0) is 54.7 Å². The van der Waals surface area contributed by atoms with Crippen LogP contribution in [0, 0.1) is 0 Å². The quantitative estimate of drug-likeness (QED) is 0.499. The highest BCUT2D eigenvalue weighted by atomic mass is 32.2. The molecule has 0 saturated heterocycles. The summed E-state index contributed by atoms with van der Waals surface area (Å²) in [5.74, 6) is 2.91. The van der Waals surface area contributed by atoms with E-state index < -0.39 is 0 Å². The van der Waals surface area contributed by atoms with Crippen molar-refractivity contribution in [3.63, 3.8) is 0 Å². The van der Waals surface area contributed by atoms with E-state index in [0.717, 1.165) is 17.3 Å². The van der Waals surface area contributed by atoms with E-state index in [-0.39, 0.29) is 0 Å². The van der Waals surface area contributed by atoms with E-state index in [1.165, 1.54) is 23.3 Å². The zero-order valence-corrected chi connectivity index (χ0v) is 14.3.